The molecule has 1 nitrogen and oxygen atoms in total. The molecule has 0 bridgehead atoms. The van der Waals surface area contributed by atoms with Gasteiger partial charge in [-0.2, -0.15) is 0 Å². The minimum Gasteiger partial charge on any atom is -0.293 e. The molecule has 0 aromatic heterocycles. The quantitative estimate of drug-likeness (QED) is 0.745. The topological polar surface area (TPSA) is 17.1 Å². The van der Waals surface area contributed by atoms with Crippen LogP contribution >= 0.6 is 11.6 Å². The van der Waals surface area contributed by atoms with Crippen LogP contribution in [-0.2, 0) is 6.42 Å². The average Bonchev–Trinajstić information content (AvgIpc) is 2.41. The lowest BCUT2D eigenvalue weighted by atomic mass is 9.79. The van der Waals surface area contributed by atoms with Crippen LogP contribution in [0.4, 0.5) is 0 Å². The second kappa shape index (κ2) is 4.58. The molecule has 0 heterocycles. The lowest BCUT2D eigenvalue weighted by molar-refractivity contribution is 0.0946. The van der Waals surface area contributed by atoms with Crippen LogP contribution in [0.15, 0.2) is 48.5 Å². The van der Waals surface area contributed by atoms with Gasteiger partial charge in [0.1, 0.15) is 0 Å². The Morgan fingerprint density at radius 3 is 2.61 bits per heavy atom. The minimum absolute atomic E-state index is 0.0165. The van der Waals surface area contributed by atoms with Gasteiger partial charge in [-0.25, -0.2) is 0 Å². The van der Waals surface area contributed by atoms with Crippen molar-refractivity contribution in [2.24, 2.45) is 0 Å². The zero-order valence-corrected chi connectivity index (χ0v) is 10.7. The molecular weight excluding hydrogens is 244 g/mol. The Hall–Kier alpha value is -1.60. The summed E-state index contributed by atoms with van der Waals surface area (Å²) in [5.41, 5.74) is 3.02. The van der Waals surface area contributed by atoms with Gasteiger partial charge in [0.2, 0.25) is 0 Å². The largest absolute Gasteiger partial charge is 0.293 e. The molecule has 0 radical (unpaired) electrons. The molecule has 0 aliphatic heterocycles. The normalized spacial score (nSPS) is 18.5. The number of carbonyl (C=O) groups excluding carboxylic acids is 1. The number of ketones is 1. The van der Waals surface area contributed by atoms with Gasteiger partial charge >= 0.3 is 0 Å². The Morgan fingerprint density at radius 2 is 1.83 bits per heavy atom. The van der Waals surface area contributed by atoms with E-state index in [2.05, 4.69) is 0 Å². The molecular formula is C16H13ClO. The Balaban J connectivity index is 2.02. The molecule has 2 aromatic rings. The van der Waals surface area contributed by atoms with Gasteiger partial charge in [0.25, 0.3) is 0 Å². The first kappa shape index (κ1) is 11.5. The number of fused-ring (bicyclic) bond motifs is 1. The highest BCUT2D eigenvalue weighted by Crippen LogP contribution is 2.33. The molecule has 0 amide bonds. The van der Waals surface area contributed by atoms with Crippen LogP contribution in [0.1, 0.15) is 33.8 Å². The van der Waals surface area contributed by atoms with E-state index in [0.717, 1.165) is 29.5 Å². The number of hydrogen-bond acceptors (Lipinski definition) is 1. The van der Waals surface area contributed by atoms with E-state index in [1.54, 1.807) is 6.07 Å². The third-order valence-corrected chi connectivity index (χ3v) is 3.79. The summed E-state index contributed by atoms with van der Waals surface area (Å²) in [5.74, 6) is 0.183. The fourth-order valence-corrected chi connectivity index (χ4v) is 2.79. The van der Waals surface area contributed by atoms with Gasteiger partial charge in [0.15, 0.2) is 5.78 Å². The summed E-state index contributed by atoms with van der Waals surface area (Å²) in [4.78, 5) is 12.5. The van der Waals surface area contributed by atoms with Crippen LogP contribution in [0.3, 0.4) is 0 Å². The van der Waals surface area contributed by atoms with Gasteiger partial charge in [-0.05, 0) is 36.1 Å². The summed E-state index contributed by atoms with van der Waals surface area (Å²) < 4.78 is 0. The summed E-state index contributed by atoms with van der Waals surface area (Å²) in [6.45, 7) is 0. The third kappa shape index (κ3) is 1.95. The molecule has 90 valence electrons. The van der Waals surface area contributed by atoms with Gasteiger partial charge in [-0.1, -0.05) is 48.0 Å². The van der Waals surface area contributed by atoms with Crippen LogP contribution in [0.5, 0.6) is 0 Å². The van der Waals surface area contributed by atoms with Crippen molar-refractivity contribution < 1.29 is 4.79 Å². The summed E-state index contributed by atoms with van der Waals surface area (Å²) in [6.07, 6.45) is 1.83. The zero-order chi connectivity index (χ0) is 12.5. The molecule has 1 aliphatic carbocycles. The maximum absolute atomic E-state index is 12.5. The molecule has 0 saturated heterocycles. The van der Waals surface area contributed by atoms with Crippen LogP contribution in [-0.4, -0.2) is 5.78 Å². The predicted molar refractivity (Wildman–Crippen MR) is 73.3 cm³/mol. The predicted octanol–water partition coefficient (Wildman–Crippen LogP) is 4.25. The van der Waals surface area contributed by atoms with Crippen molar-refractivity contribution in [2.75, 3.05) is 0 Å². The van der Waals surface area contributed by atoms with Gasteiger partial charge in [0.05, 0.1) is 0 Å². The molecule has 0 fully saturated rings. The van der Waals surface area contributed by atoms with Gasteiger partial charge < -0.3 is 0 Å². The van der Waals surface area contributed by atoms with E-state index in [1.165, 1.54) is 0 Å². The van der Waals surface area contributed by atoms with E-state index in [1.807, 2.05) is 42.5 Å². The lowest BCUT2D eigenvalue weighted by Gasteiger charge is -2.23. The Kier molecular flexibility index (Phi) is 2.92. The van der Waals surface area contributed by atoms with Crippen molar-refractivity contribution in [1.82, 2.24) is 0 Å². The van der Waals surface area contributed by atoms with Crippen LogP contribution in [0, 0.1) is 0 Å². The zero-order valence-electron chi connectivity index (χ0n) is 9.90. The highest BCUT2D eigenvalue weighted by atomic mass is 35.5. The van der Waals surface area contributed by atoms with Crippen molar-refractivity contribution in [2.45, 2.75) is 18.8 Å². The number of benzene rings is 2. The number of Topliss-reactive ketones (excluding diaryl/α,β-unsaturated/α-hetero) is 1. The fourth-order valence-electron chi connectivity index (χ4n) is 2.62. The summed E-state index contributed by atoms with van der Waals surface area (Å²) in [7, 11) is 0. The van der Waals surface area contributed by atoms with Gasteiger partial charge in [0, 0.05) is 16.5 Å². The summed E-state index contributed by atoms with van der Waals surface area (Å²) in [5, 5.41) is 0.635. The SMILES string of the molecule is O=C1c2cc(Cl)ccc2CCC1c1ccccc1. The van der Waals surface area contributed by atoms with Crippen LogP contribution < -0.4 is 0 Å². The highest BCUT2D eigenvalue weighted by Gasteiger charge is 2.28. The maximum atomic E-state index is 12.5. The van der Waals surface area contributed by atoms with Crippen molar-refractivity contribution >= 4 is 17.4 Å². The van der Waals surface area contributed by atoms with Crippen molar-refractivity contribution in [3.8, 4) is 0 Å². The highest BCUT2D eigenvalue weighted by molar-refractivity contribution is 6.31. The van der Waals surface area contributed by atoms with Gasteiger partial charge in [-0.3, -0.25) is 4.79 Å². The second-order valence-corrected chi connectivity index (χ2v) is 5.10. The third-order valence-electron chi connectivity index (χ3n) is 3.56. The van der Waals surface area contributed by atoms with E-state index in [-0.39, 0.29) is 11.7 Å². The monoisotopic (exact) mass is 256 g/mol. The molecule has 3 rings (SSSR count). The maximum Gasteiger partial charge on any atom is 0.170 e. The van der Waals surface area contributed by atoms with Crippen LogP contribution in [0.2, 0.25) is 5.02 Å². The number of halogens is 1. The molecule has 0 spiro atoms. The molecule has 1 atom stereocenters. The van der Waals surface area contributed by atoms with Crippen molar-refractivity contribution in [1.29, 1.82) is 0 Å². The minimum atomic E-state index is -0.0165. The number of aryl methyl sites for hydroxylation is 1. The first-order chi connectivity index (χ1) is 8.75. The number of carbonyl (C=O) groups is 1. The van der Waals surface area contributed by atoms with E-state index in [0.29, 0.717) is 5.02 Å². The first-order valence-corrected chi connectivity index (χ1v) is 6.51. The lowest BCUT2D eigenvalue weighted by Crippen LogP contribution is -2.20. The first-order valence-electron chi connectivity index (χ1n) is 6.13. The standard InChI is InChI=1S/C16H13ClO/c17-13-8-6-12-7-9-14(16(18)15(12)10-13)11-4-2-1-3-5-11/h1-6,8,10,14H,7,9H2. The van der Waals surface area contributed by atoms with E-state index in [9.17, 15) is 4.79 Å². The smallest absolute Gasteiger partial charge is 0.170 e. The summed E-state index contributed by atoms with van der Waals surface area (Å²) >= 11 is 5.98. The fraction of sp³-hybridized carbons (Fsp3) is 0.188. The van der Waals surface area contributed by atoms with E-state index in [4.69, 9.17) is 11.6 Å². The molecule has 0 N–H and O–H groups in total. The Morgan fingerprint density at radius 1 is 1.06 bits per heavy atom. The Labute approximate surface area is 111 Å². The molecule has 1 unspecified atom stereocenters. The average molecular weight is 257 g/mol. The number of hydrogen-bond donors (Lipinski definition) is 0. The van der Waals surface area contributed by atoms with E-state index >= 15 is 0 Å². The molecule has 2 heteroatoms. The van der Waals surface area contributed by atoms with Crippen LogP contribution in [0.25, 0.3) is 0 Å². The second-order valence-electron chi connectivity index (χ2n) is 4.67. The van der Waals surface area contributed by atoms with E-state index < -0.39 is 0 Å². The van der Waals surface area contributed by atoms with Crippen molar-refractivity contribution in [3.05, 3.63) is 70.2 Å². The summed E-state index contributed by atoms with van der Waals surface area (Å²) in [6, 6.07) is 15.6. The molecule has 1 aliphatic rings. The van der Waals surface area contributed by atoms with Crippen molar-refractivity contribution in [3.63, 3.8) is 0 Å². The molecule has 18 heavy (non-hydrogen) atoms. The Bertz CT molecular complexity index is 589. The molecule has 0 saturated carbocycles. The molecule has 2 aromatic carbocycles. The number of rotatable bonds is 1. The van der Waals surface area contributed by atoms with Gasteiger partial charge in [-0.15, -0.1) is 0 Å².